The summed E-state index contributed by atoms with van der Waals surface area (Å²) < 4.78 is 40.6. The van der Waals surface area contributed by atoms with Crippen LogP contribution in [0.1, 0.15) is 17.0 Å². The number of aromatic nitrogens is 1. The Morgan fingerprint density at radius 3 is 2.43 bits per heavy atom. The van der Waals surface area contributed by atoms with Crippen molar-refractivity contribution in [2.75, 3.05) is 16.3 Å². The SMILES string of the molecule is Cc1cc(/C=C/C(=O)Nc2ccc(F)c(NS(C)(=O)=O)c2)c(C)n1-c1ccccc1. The van der Waals surface area contributed by atoms with Gasteiger partial charge in [0.2, 0.25) is 15.9 Å². The zero-order valence-corrected chi connectivity index (χ0v) is 17.6. The monoisotopic (exact) mass is 427 g/mol. The molecule has 0 saturated heterocycles. The minimum atomic E-state index is -3.64. The number of nitrogens with one attached hydrogen (secondary N) is 2. The smallest absolute Gasteiger partial charge is 0.248 e. The standard InChI is InChI=1S/C22H22FN3O3S/c1-15-13-17(16(2)26(15)19-7-5-4-6-8-19)9-12-22(27)24-18-10-11-20(23)21(14-18)25-30(3,28)29/h4-14,25H,1-3H3,(H,24,27)/b12-9+. The molecular weight excluding hydrogens is 405 g/mol. The molecule has 1 heterocycles. The minimum Gasteiger partial charge on any atom is -0.322 e. The third-order valence-electron chi connectivity index (χ3n) is 4.43. The maximum atomic E-state index is 13.8. The summed E-state index contributed by atoms with van der Waals surface area (Å²) in [7, 11) is -3.64. The normalized spacial score (nSPS) is 11.6. The first-order chi connectivity index (χ1) is 14.1. The first kappa shape index (κ1) is 21.3. The Kier molecular flexibility index (Phi) is 6.07. The van der Waals surface area contributed by atoms with Crippen LogP contribution in [0.4, 0.5) is 15.8 Å². The maximum absolute atomic E-state index is 13.8. The molecule has 0 saturated carbocycles. The Hall–Kier alpha value is -3.39. The fourth-order valence-electron chi connectivity index (χ4n) is 3.16. The van der Waals surface area contributed by atoms with E-state index in [1.165, 1.54) is 18.2 Å². The molecule has 0 fully saturated rings. The molecule has 3 aromatic rings. The number of amides is 1. The quantitative estimate of drug-likeness (QED) is 0.577. The summed E-state index contributed by atoms with van der Waals surface area (Å²) in [6, 6.07) is 15.6. The molecule has 8 heteroatoms. The molecule has 3 rings (SSSR count). The van der Waals surface area contributed by atoms with Crippen molar-refractivity contribution in [3.8, 4) is 5.69 Å². The lowest BCUT2D eigenvalue weighted by Gasteiger charge is -2.09. The van der Waals surface area contributed by atoms with Crippen molar-refractivity contribution in [1.82, 2.24) is 4.57 Å². The number of hydrogen-bond donors (Lipinski definition) is 2. The van der Waals surface area contributed by atoms with E-state index in [0.29, 0.717) is 0 Å². The highest BCUT2D eigenvalue weighted by molar-refractivity contribution is 7.92. The van der Waals surface area contributed by atoms with Crippen LogP contribution in [0.25, 0.3) is 11.8 Å². The largest absolute Gasteiger partial charge is 0.322 e. The van der Waals surface area contributed by atoms with Gasteiger partial charge < -0.3 is 9.88 Å². The highest BCUT2D eigenvalue weighted by atomic mass is 32.2. The van der Waals surface area contributed by atoms with Gasteiger partial charge in [-0.15, -0.1) is 0 Å². The van der Waals surface area contributed by atoms with E-state index < -0.39 is 21.7 Å². The van der Waals surface area contributed by atoms with Gasteiger partial charge in [0.1, 0.15) is 5.82 Å². The van der Waals surface area contributed by atoms with Crippen LogP contribution in [-0.4, -0.2) is 25.1 Å². The topological polar surface area (TPSA) is 80.2 Å². The van der Waals surface area contributed by atoms with Crippen molar-refractivity contribution in [3.05, 3.63) is 83.4 Å². The van der Waals surface area contributed by atoms with Crippen molar-refractivity contribution in [2.45, 2.75) is 13.8 Å². The molecule has 2 aromatic carbocycles. The van der Waals surface area contributed by atoms with E-state index in [-0.39, 0.29) is 11.4 Å². The molecule has 0 atom stereocenters. The molecule has 6 nitrogen and oxygen atoms in total. The van der Waals surface area contributed by atoms with Crippen molar-refractivity contribution in [3.63, 3.8) is 0 Å². The lowest BCUT2D eigenvalue weighted by molar-refractivity contribution is -0.111. The number of benzene rings is 2. The predicted molar refractivity (Wildman–Crippen MR) is 118 cm³/mol. The average Bonchev–Trinajstić information content (AvgIpc) is 2.96. The van der Waals surface area contributed by atoms with Crippen LogP contribution in [-0.2, 0) is 14.8 Å². The van der Waals surface area contributed by atoms with E-state index in [1.54, 1.807) is 6.08 Å². The second kappa shape index (κ2) is 8.54. The molecule has 0 unspecified atom stereocenters. The van der Waals surface area contributed by atoms with E-state index in [4.69, 9.17) is 0 Å². The van der Waals surface area contributed by atoms with Crippen LogP contribution >= 0.6 is 0 Å². The van der Waals surface area contributed by atoms with Gasteiger partial charge in [0.15, 0.2) is 0 Å². The van der Waals surface area contributed by atoms with Crippen LogP contribution in [0, 0.1) is 19.7 Å². The highest BCUT2D eigenvalue weighted by Crippen LogP contribution is 2.23. The van der Waals surface area contributed by atoms with E-state index in [2.05, 4.69) is 14.6 Å². The zero-order valence-electron chi connectivity index (χ0n) is 16.8. The van der Waals surface area contributed by atoms with Crippen molar-refractivity contribution < 1.29 is 17.6 Å². The number of carbonyl (C=O) groups is 1. The number of aryl methyl sites for hydroxylation is 1. The maximum Gasteiger partial charge on any atom is 0.248 e. The predicted octanol–water partition coefficient (Wildman–Crippen LogP) is 4.26. The molecule has 0 aliphatic carbocycles. The molecular formula is C22H22FN3O3S. The Morgan fingerprint density at radius 2 is 1.77 bits per heavy atom. The number of para-hydroxylation sites is 1. The zero-order chi connectivity index (χ0) is 21.9. The number of anilines is 2. The third-order valence-corrected chi connectivity index (χ3v) is 5.02. The first-order valence-corrected chi connectivity index (χ1v) is 11.0. The fraction of sp³-hybridized carbons (Fsp3) is 0.136. The summed E-state index contributed by atoms with van der Waals surface area (Å²) in [6.07, 6.45) is 4.01. The van der Waals surface area contributed by atoms with E-state index >= 15 is 0 Å². The molecule has 0 bridgehead atoms. The minimum absolute atomic E-state index is 0.231. The fourth-order valence-corrected chi connectivity index (χ4v) is 3.72. The van der Waals surface area contributed by atoms with Gasteiger partial charge in [0.25, 0.3) is 0 Å². The summed E-state index contributed by atoms with van der Waals surface area (Å²) in [5, 5.41) is 2.60. The lowest BCUT2D eigenvalue weighted by atomic mass is 10.2. The number of rotatable bonds is 6. The van der Waals surface area contributed by atoms with Crippen molar-refractivity contribution >= 4 is 33.4 Å². The van der Waals surface area contributed by atoms with Gasteiger partial charge in [-0.1, -0.05) is 18.2 Å². The van der Waals surface area contributed by atoms with Crippen LogP contribution in [0.5, 0.6) is 0 Å². The van der Waals surface area contributed by atoms with Gasteiger partial charge in [-0.2, -0.15) is 0 Å². The summed E-state index contributed by atoms with van der Waals surface area (Å²) in [4.78, 5) is 12.3. The highest BCUT2D eigenvalue weighted by Gasteiger charge is 2.11. The second-order valence-corrected chi connectivity index (χ2v) is 8.64. The van der Waals surface area contributed by atoms with Gasteiger partial charge in [0.05, 0.1) is 11.9 Å². The van der Waals surface area contributed by atoms with Gasteiger partial charge in [-0.25, -0.2) is 12.8 Å². The molecule has 0 spiro atoms. The molecule has 0 radical (unpaired) electrons. The van der Waals surface area contributed by atoms with Crippen LogP contribution in [0.15, 0.2) is 60.7 Å². The average molecular weight is 428 g/mol. The number of sulfonamides is 1. The lowest BCUT2D eigenvalue weighted by Crippen LogP contribution is -2.12. The molecule has 1 aromatic heterocycles. The van der Waals surface area contributed by atoms with Gasteiger partial charge in [0, 0.05) is 28.8 Å². The first-order valence-electron chi connectivity index (χ1n) is 9.15. The molecule has 156 valence electrons. The van der Waals surface area contributed by atoms with E-state index in [9.17, 15) is 17.6 Å². The number of nitrogens with zero attached hydrogens (tertiary/aromatic N) is 1. The Balaban J connectivity index is 1.77. The van der Waals surface area contributed by atoms with E-state index in [0.717, 1.165) is 35.0 Å². The molecule has 0 aliphatic rings. The third kappa shape index (κ3) is 5.15. The van der Waals surface area contributed by atoms with Crippen molar-refractivity contribution in [2.24, 2.45) is 0 Å². The van der Waals surface area contributed by atoms with Crippen molar-refractivity contribution in [1.29, 1.82) is 0 Å². The molecule has 0 aliphatic heterocycles. The molecule has 30 heavy (non-hydrogen) atoms. The van der Waals surface area contributed by atoms with Crippen LogP contribution < -0.4 is 10.0 Å². The Labute approximate surface area is 175 Å². The van der Waals surface area contributed by atoms with Gasteiger partial charge in [-0.05, 0) is 61.9 Å². The summed E-state index contributed by atoms with van der Waals surface area (Å²) in [6.45, 7) is 3.97. The molecule has 2 N–H and O–H groups in total. The summed E-state index contributed by atoms with van der Waals surface area (Å²) in [5.41, 5.74) is 3.99. The summed E-state index contributed by atoms with van der Waals surface area (Å²) >= 11 is 0. The molecule has 1 amide bonds. The van der Waals surface area contributed by atoms with E-state index in [1.807, 2.05) is 50.2 Å². The number of hydrogen-bond acceptors (Lipinski definition) is 3. The second-order valence-electron chi connectivity index (χ2n) is 6.89. The number of halogens is 1. The number of carbonyl (C=O) groups excluding carboxylic acids is 1. The van der Waals surface area contributed by atoms with Crippen LogP contribution in [0.3, 0.4) is 0 Å². The Bertz CT molecular complexity index is 1220. The van der Waals surface area contributed by atoms with Gasteiger partial charge in [-0.3, -0.25) is 9.52 Å². The summed E-state index contributed by atoms with van der Waals surface area (Å²) in [5.74, 6) is -1.15. The van der Waals surface area contributed by atoms with Crippen LogP contribution in [0.2, 0.25) is 0 Å². The Morgan fingerprint density at radius 1 is 1.07 bits per heavy atom. The van der Waals surface area contributed by atoms with Gasteiger partial charge >= 0.3 is 0 Å².